The SMILES string of the molecule is [B]c1ccc2nc(-c3ccc(F)cc3)c(C(=O)NC)n2c1. The molecule has 0 saturated heterocycles. The van der Waals surface area contributed by atoms with Gasteiger partial charge in [-0.1, -0.05) is 11.5 Å². The number of carbonyl (C=O) groups is 1. The molecular formula is C15H11BFN3O. The Bertz CT molecular complexity index is 827. The Kier molecular flexibility index (Phi) is 3.21. The lowest BCUT2D eigenvalue weighted by Crippen LogP contribution is -2.21. The van der Waals surface area contributed by atoms with Crippen LogP contribution in [-0.4, -0.2) is 30.2 Å². The fraction of sp³-hybridized carbons (Fsp3) is 0.0667. The molecule has 0 saturated carbocycles. The van der Waals surface area contributed by atoms with Gasteiger partial charge in [-0.15, -0.1) is 0 Å². The molecule has 3 rings (SSSR count). The third-order valence-corrected chi connectivity index (χ3v) is 3.20. The second kappa shape index (κ2) is 5.05. The Hall–Kier alpha value is -2.63. The highest BCUT2D eigenvalue weighted by atomic mass is 19.1. The van der Waals surface area contributed by atoms with E-state index in [1.807, 2.05) is 0 Å². The molecule has 1 aromatic carbocycles. The van der Waals surface area contributed by atoms with Crippen molar-refractivity contribution < 1.29 is 9.18 Å². The smallest absolute Gasteiger partial charge is 0.270 e. The number of nitrogens with zero attached hydrogens (tertiary/aromatic N) is 2. The maximum atomic E-state index is 13.1. The fourth-order valence-corrected chi connectivity index (χ4v) is 2.21. The van der Waals surface area contributed by atoms with E-state index in [1.165, 1.54) is 12.1 Å². The lowest BCUT2D eigenvalue weighted by molar-refractivity contribution is 0.0958. The second-order valence-corrected chi connectivity index (χ2v) is 4.59. The highest BCUT2D eigenvalue weighted by Gasteiger charge is 2.19. The van der Waals surface area contributed by atoms with Gasteiger partial charge in [0.25, 0.3) is 5.91 Å². The molecule has 0 aliphatic rings. The Morgan fingerprint density at radius 2 is 1.95 bits per heavy atom. The number of aromatic nitrogens is 2. The van der Waals surface area contributed by atoms with Crippen LogP contribution in [0.5, 0.6) is 0 Å². The van der Waals surface area contributed by atoms with Crippen LogP contribution < -0.4 is 10.8 Å². The minimum Gasteiger partial charge on any atom is -0.354 e. The van der Waals surface area contributed by atoms with Gasteiger partial charge in [-0.05, 0) is 30.3 Å². The highest BCUT2D eigenvalue weighted by molar-refractivity contribution is 6.32. The van der Waals surface area contributed by atoms with E-state index in [-0.39, 0.29) is 11.7 Å². The molecule has 2 radical (unpaired) electrons. The lowest BCUT2D eigenvalue weighted by Gasteiger charge is -2.04. The van der Waals surface area contributed by atoms with Gasteiger partial charge in [-0.2, -0.15) is 0 Å². The number of amides is 1. The summed E-state index contributed by atoms with van der Waals surface area (Å²) >= 11 is 0. The Balaban J connectivity index is 2.30. The van der Waals surface area contributed by atoms with Gasteiger partial charge in [0.05, 0.1) is 0 Å². The lowest BCUT2D eigenvalue weighted by atomic mass is 9.99. The zero-order valence-corrected chi connectivity index (χ0v) is 11.3. The average molecular weight is 279 g/mol. The first kappa shape index (κ1) is 13.4. The number of pyridine rings is 1. The molecule has 0 spiro atoms. The van der Waals surface area contributed by atoms with Gasteiger partial charge in [-0.3, -0.25) is 9.20 Å². The topological polar surface area (TPSA) is 46.4 Å². The molecule has 1 N–H and O–H groups in total. The summed E-state index contributed by atoms with van der Waals surface area (Å²) in [6, 6.07) is 9.29. The van der Waals surface area contributed by atoms with E-state index in [0.29, 0.717) is 28.1 Å². The van der Waals surface area contributed by atoms with Crippen LogP contribution in [0.3, 0.4) is 0 Å². The fourth-order valence-electron chi connectivity index (χ4n) is 2.21. The third-order valence-electron chi connectivity index (χ3n) is 3.20. The average Bonchev–Trinajstić information content (AvgIpc) is 2.85. The van der Waals surface area contributed by atoms with Crippen LogP contribution >= 0.6 is 0 Å². The van der Waals surface area contributed by atoms with Crippen molar-refractivity contribution in [1.82, 2.24) is 14.7 Å². The molecule has 102 valence electrons. The molecule has 0 atom stereocenters. The first-order valence-electron chi connectivity index (χ1n) is 6.36. The number of carbonyl (C=O) groups excluding carboxylic acids is 1. The van der Waals surface area contributed by atoms with Crippen LogP contribution in [0.25, 0.3) is 16.9 Å². The summed E-state index contributed by atoms with van der Waals surface area (Å²) in [5.41, 5.74) is 2.64. The van der Waals surface area contributed by atoms with Crippen LogP contribution in [0.4, 0.5) is 4.39 Å². The van der Waals surface area contributed by atoms with Crippen molar-refractivity contribution in [2.45, 2.75) is 0 Å². The molecule has 4 nitrogen and oxygen atoms in total. The number of nitrogens with one attached hydrogen (secondary N) is 1. The first-order valence-corrected chi connectivity index (χ1v) is 6.36. The molecule has 3 aromatic rings. The quantitative estimate of drug-likeness (QED) is 0.719. The van der Waals surface area contributed by atoms with Gasteiger partial charge in [0.15, 0.2) is 0 Å². The van der Waals surface area contributed by atoms with Gasteiger partial charge in [0.1, 0.15) is 30.7 Å². The summed E-state index contributed by atoms with van der Waals surface area (Å²) in [6.45, 7) is 0. The van der Waals surface area contributed by atoms with Crippen LogP contribution in [0.2, 0.25) is 0 Å². The van der Waals surface area contributed by atoms with E-state index in [0.717, 1.165) is 0 Å². The summed E-state index contributed by atoms with van der Waals surface area (Å²) in [7, 11) is 7.32. The van der Waals surface area contributed by atoms with Crippen molar-refractivity contribution in [2.75, 3.05) is 7.05 Å². The monoisotopic (exact) mass is 279 g/mol. The number of rotatable bonds is 2. The first-order chi connectivity index (χ1) is 10.1. The van der Waals surface area contributed by atoms with Crippen molar-refractivity contribution in [3.8, 4) is 11.3 Å². The van der Waals surface area contributed by atoms with Gasteiger partial charge in [0.2, 0.25) is 0 Å². The molecule has 0 bridgehead atoms. The Morgan fingerprint density at radius 3 is 2.62 bits per heavy atom. The van der Waals surface area contributed by atoms with Crippen molar-refractivity contribution in [3.63, 3.8) is 0 Å². The maximum Gasteiger partial charge on any atom is 0.270 e. The number of hydrogen-bond donors (Lipinski definition) is 1. The van der Waals surface area contributed by atoms with Crippen molar-refractivity contribution >= 4 is 24.9 Å². The van der Waals surface area contributed by atoms with E-state index in [9.17, 15) is 9.18 Å². The summed E-state index contributed by atoms with van der Waals surface area (Å²) < 4.78 is 14.7. The van der Waals surface area contributed by atoms with Crippen molar-refractivity contribution in [1.29, 1.82) is 0 Å². The third kappa shape index (κ3) is 2.29. The summed E-state index contributed by atoms with van der Waals surface area (Å²) in [4.78, 5) is 16.6. The predicted molar refractivity (Wildman–Crippen MR) is 79.4 cm³/mol. The normalized spacial score (nSPS) is 10.8. The molecule has 2 aromatic heterocycles. The zero-order chi connectivity index (χ0) is 15.0. The van der Waals surface area contributed by atoms with Crippen LogP contribution in [0, 0.1) is 5.82 Å². The van der Waals surface area contributed by atoms with E-state index in [2.05, 4.69) is 10.3 Å². The Morgan fingerprint density at radius 1 is 1.24 bits per heavy atom. The molecular weight excluding hydrogens is 268 g/mol. The van der Waals surface area contributed by atoms with Gasteiger partial charge < -0.3 is 5.32 Å². The van der Waals surface area contributed by atoms with E-state index >= 15 is 0 Å². The van der Waals surface area contributed by atoms with Crippen molar-refractivity contribution in [3.05, 3.63) is 54.1 Å². The summed E-state index contributed by atoms with van der Waals surface area (Å²) in [6.07, 6.45) is 1.64. The molecule has 0 aliphatic carbocycles. The maximum absolute atomic E-state index is 13.1. The van der Waals surface area contributed by atoms with Crippen LogP contribution in [0.15, 0.2) is 42.6 Å². The van der Waals surface area contributed by atoms with Crippen LogP contribution in [0.1, 0.15) is 10.5 Å². The van der Waals surface area contributed by atoms with E-state index in [4.69, 9.17) is 7.85 Å². The molecule has 6 heteroatoms. The summed E-state index contributed by atoms with van der Waals surface area (Å²) in [5.74, 6) is -0.624. The number of hydrogen-bond acceptors (Lipinski definition) is 2. The highest BCUT2D eigenvalue weighted by Crippen LogP contribution is 2.24. The van der Waals surface area contributed by atoms with Crippen molar-refractivity contribution in [2.24, 2.45) is 0 Å². The van der Waals surface area contributed by atoms with Crippen LogP contribution in [-0.2, 0) is 0 Å². The minimum atomic E-state index is -0.340. The summed E-state index contributed by atoms with van der Waals surface area (Å²) in [5, 5.41) is 2.59. The van der Waals surface area contributed by atoms with Gasteiger partial charge >= 0.3 is 0 Å². The van der Waals surface area contributed by atoms with E-state index < -0.39 is 0 Å². The standard InChI is InChI=1S/C15H11BFN3O/c1-18-15(21)14-13(9-2-5-11(17)6-3-9)19-12-7-4-10(16)8-20(12)14/h2-8H,1H3,(H,18,21). The molecule has 1 amide bonds. The zero-order valence-electron chi connectivity index (χ0n) is 11.3. The predicted octanol–water partition coefficient (Wildman–Crippen LogP) is 1.29. The molecule has 0 unspecified atom stereocenters. The number of imidazole rings is 1. The second-order valence-electron chi connectivity index (χ2n) is 4.59. The minimum absolute atomic E-state index is 0.285. The molecule has 2 heterocycles. The Labute approximate surface area is 122 Å². The molecule has 21 heavy (non-hydrogen) atoms. The number of fused-ring (bicyclic) bond motifs is 1. The largest absolute Gasteiger partial charge is 0.354 e. The van der Waals surface area contributed by atoms with Gasteiger partial charge in [-0.25, -0.2) is 9.37 Å². The number of benzene rings is 1. The van der Waals surface area contributed by atoms with E-state index in [1.54, 1.807) is 41.9 Å². The molecule has 0 aliphatic heterocycles. The number of halogens is 1. The van der Waals surface area contributed by atoms with Gasteiger partial charge in [0, 0.05) is 18.8 Å². The molecule has 0 fully saturated rings.